The monoisotopic (exact) mass is 557 g/mol. The smallest absolute Gasteiger partial charge is 0.373 e. The number of ether oxygens (including phenoxy) is 1. The Labute approximate surface area is 217 Å². The third-order valence-corrected chi connectivity index (χ3v) is 6.32. The Morgan fingerprint density at radius 1 is 1.05 bits per heavy atom. The molecule has 0 bridgehead atoms. The maximum absolute atomic E-state index is 15.3. The molecule has 1 aromatic heterocycles. The van der Waals surface area contributed by atoms with Gasteiger partial charge in [0.1, 0.15) is 11.6 Å². The molecule has 0 atom stereocenters. The largest absolute Gasteiger partial charge is 0.417 e. The Morgan fingerprint density at radius 3 is 2.31 bits per heavy atom. The van der Waals surface area contributed by atoms with Crippen LogP contribution in [0.1, 0.15) is 40.8 Å². The number of hydrogen-bond acceptors (Lipinski definition) is 4. The van der Waals surface area contributed by atoms with Crippen LogP contribution in [-0.2, 0) is 35.0 Å². The number of nitrogens with one attached hydrogen (secondary N) is 2. The predicted molar refractivity (Wildman–Crippen MR) is 125 cm³/mol. The molecular weight excluding hydrogens is 535 g/mol. The van der Waals surface area contributed by atoms with E-state index in [2.05, 4.69) is 15.3 Å². The van der Waals surface area contributed by atoms with Crippen LogP contribution >= 0.6 is 0 Å². The molecular formula is C26H22F7N3O3. The van der Waals surface area contributed by atoms with Crippen molar-refractivity contribution in [2.45, 2.75) is 51.4 Å². The number of nitrogens with zero attached hydrogens (tertiary/aromatic N) is 1. The van der Waals surface area contributed by atoms with Gasteiger partial charge >= 0.3 is 12.4 Å². The zero-order valence-electron chi connectivity index (χ0n) is 20.3. The first-order chi connectivity index (χ1) is 18.2. The topological polar surface area (TPSA) is 84.1 Å². The molecule has 0 unspecified atom stereocenters. The van der Waals surface area contributed by atoms with Gasteiger partial charge in [-0.25, -0.2) is 9.37 Å². The van der Waals surface area contributed by atoms with Crippen molar-refractivity contribution in [2.24, 2.45) is 5.92 Å². The van der Waals surface area contributed by atoms with Crippen molar-refractivity contribution in [2.75, 3.05) is 0 Å². The normalized spacial score (nSPS) is 17.5. The second kappa shape index (κ2) is 10.8. The molecule has 1 fully saturated rings. The van der Waals surface area contributed by atoms with E-state index in [0.29, 0.717) is 24.5 Å². The fourth-order valence-electron chi connectivity index (χ4n) is 4.17. The summed E-state index contributed by atoms with van der Waals surface area (Å²) in [4.78, 5) is 30.2. The van der Waals surface area contributed by atoms with Gasteiger partial charge in [-0.05, 0) is 43.5 Å². The average Bonchev–Trinajstić information content (AvgIpc) is 2.80. The number of H-pyrrole nitrogens is 1. The van der Waals surface area contributed by atoms with E-state index in [1.165, 1.54) is 19.1 Å². The molecule has 3 aromatic rings. The highest BCUT2D eigenvalue weighted by molar-refractivity contribution is 5.79. The minimum absolute atomic E-state index is 0.0613. The van der Waals surface area contributed by atoms with Gasteiger partial charge in [-0.15, -0.1) is 0 Å². The van der Waals surface area contributed by atoms with Gasteiger partial charge in [0.2, 0.25) is 5.91 Å². The van der Waals surface area contributed by atoms with Crippen LogP contribution in [0.2, 0.25) is 0 Å². The number of carbonyl (C=O) groups is 1. The molecule has 1 heterocycles. The van der Waals surface area contributed by atoms with E-state index < -0.39 is 64.6 Å². The lowest BCUT2D eigenvalue weighted by Gasteiger charge is -2.34. The van der Waals surface area contributed by atoms with Crippen LogP contribution in [0.15, 0.2) is 47.3 Å². The lowest BCUT2D eigenvalue weighted by Crippen LogP contribution is -2.42. The van der Waals surface area contributed by atoms with Gasteiger partial charge in [-0.2, -0.15) is 26.3 Å². The van der Waals surface area contributed by atoms with Gasteiger partial charge < -0.3 is 15.0 Å². The fourth-order valence-corrected chi connectivity index (χ4v) is 4.17. The van der Waals surface area contributed by atoms with Crippen LogP contribution in [0, 0.1) is 18.7 Å². The molecule has 0 aliphatic heterocycles. The standard InChI is InChI=1S/C26H22F7N3O3/c1-13-8-20(37)36-23(35-13)21-19(26(31,32)33)7-4-15(22(21)27)11-34-24(38)16-9-18(10-16)39-12-14-2-5-17(6-3-14)25(28,29)30/h2-8,16,18H,9-12H2,1H3,(H,34,38)(H,35,36,37)/t16-,18-. The molecule has 39 heavy (non-hydrogen) atoms. The molecule has 0 spiro atoms. The minimum Gasteiger partial charge on any atom is -0.373 e. The van der Waals surface area contributed by atoms with Crippen LogP contribution in [-0.4, -0.2) is 22.0 Å². The van der Waals surface area contributed by atoms with Crippen LogP contribution < -0.4 is 10.9 Å². The summed E-state index contributed by atoms with van der Waals surface area (Å²) >= 11 is 0. The number of amides is 1. The fraction of sp³-hybridized carbons (Fsp3) is 0.346. The van der Waals surface area contributed by atoms with Gasteiger partial charge in [-0.1, -0.05) is 18.2 Å². The average molecular weight is 557 g/mol. The Morgan fingerprint density at radius 2 is 1.72 bits per heavy atom. The van der Waals surface area contributed by atoms with Gasteiger partial charge in [0.05, 0.1) is 29.4 Å². The Bertz CT molecular complexity index is 1410. The summed E-state index contributed by atoms with van der Waals surface area (Å²) in [5.74, 6) is -2.78. The van der Waals surface area contributed by atoms with Crippen molar-refractivity contribution in [3.8, 4) is 11.4 Å². The van der Waals surface area contributed by atoms with Gasteiger partial charge in [-0.3, -0.25) is 9.59 Å². The second-order valence-corrected chi connectivity index (χ2v) is 9.21. The molecule has 13 heteroatoms. The number of aromatic nitrogens is 2. The van der Waals surface area contributed by atoms with Gasteiger partial charge in [0.15, 0.2) is 0 Å². The molecule has 2 aromatic carbocycles. The number of halogens is 7. The molecule has 1 amide bonds. The molecule has 2 N–H and O–H groups in total. The molecule has 4 rings (SSSR count). The van der Waals surface area contributed by atoms with Crippen LogP contribution in [0.3, 0.4) is 0 Å². The SMILES string of the molecule is Cc1cc(=O)[nH]c(-c2c(C(F)(F)F)ccc(CNC(=O)[C@H]3C[C@H](OCc4ccc(C(F)(F)F)cc4)C3)c2F)n1. The van der Waals surface area contributed by atoms with E-state index >= 15 is 4.39 Å². The van der Waals surface area contributed by atoms with Crippen molar-refractivity contribution >= 4 is 5.91 Å². The van der Waals surface area contributed by atoms with Crippen LogP contribution in [0.25, 0.3) is 11.4 Å². The number of alkyl halides is 6. The highest BCUT2D eigenvalue weighted by Crippen LogP contribution is 2.38. The maximum atomic E-state index is 15.3. The second-order valence-electron chi connectivity index (χ2n) is 9.21. The van der Waals surface area contributed by atoms with E-state index in [4.69, 9.17) is 4.74 Å². The number of aromatic amines is 1. The molecule has 208 valence electrons. The third-order valence-electron chi connectivity index (χ3n) is 6.32. The summed E-state index contributed by atoms with van der Waals surface area (Å²) < 4.78 is 99.6. The predicted octanol–water partition coefficient (Wildman–Crippen LogP) is 5.53. The van der Waals surface area contributed by atoms with E-state index in [-0.39, 0.29) is 24.0 Å². The van der Waals surface area contributed by atoms with E-state index in [1.807, 2.05) is 0 Å². The zero-order chi connectivity index (χ0) is 28.5. The molecule has 1 aliphatic rings. The number of carbonyl (C=O) groups excluding carboxylic acids is 1. The van der Waals surface area contributed by atoms with Crippen LogP contribution in [0.4, 0.5) is 30.7 Å². The van der Waals surface area contributed by atoms with E-state index in [0.717, 1.165) is 24.3 Å². The first-order valence-electron chi connectivity index (χ1n) is 11.7. The first-order valence-corrected chi connectivity index (χ1v) is 11.7. The number of benzene rings is 2. The lowest BCUT2D eigenvalue weighted by atomic mass is 9.81. The molecule has 0 saturated heterocycles. The van der Waals surface area contributed by atoms with Gasteiger partial charge in [0.25, 0.3) is 5.56 Å². The molecule has 6 nitrogen and oxygen atoms in total. The summed E-state index contributed by atoms with van der Waals surface area (Å²) in [7, 11) is 0. The van der Waals surface area contributed by atoms with Crippen molar-refractivity contribution < 1.29 is 40.3 Å². The highest BCUT2D eigenvalue weighted by atomic mass is 19.4. The summed E-state index contributed by atoms with van der Waals surface area (Å²) in [5, 5.41) is 2.50. The summed E-state index contributed by atoms with van der Waals surface area (Å²) in [6.45, 7) is 1.04. The Balaban J connectivity index is 1.36. The third kappa shape index (κ3) is 6.64. The maximum Gasteiger partial charge on any atom is 0.417 e. The van der Waals surface area contributed by atoms with Crippen molar-refractivity contribution in [1.29, 1.82) is 0 Å². The number of aryl methyl sites for hydroxylation is 1. The lowest BCUT2D eigenvalue weighted by molar-refractivity contribution is -0.138. The number of rotatable bonds is 7. The molecule has 0 radical (unpaired) electrons. The van der Waals surface area contributed by atoms with Crippen molar-refractivity contribution in [1.82, 2.24) is 15.3 Å². The van der Waals surface area contributed by atoms with Crippen molar-refractivity contribution in [3.05, 3.63) is 86.6 Å². The zero-order valence-corrected chi connectivity index (χ0v) is 20.3. The minimum atomic E-state index is -4.93. The highest BCUT2D eigenvalue weighted by Gasteiger charge is 2.38. The summed E-state index contributed by atoms with van der Waals surface area (Å²) in [6, 6.07) is 7.14. The quantitative estimate of drug-likeness (QED) is 0.374. The number of hydrogen-bond donors (Lipinski definition) is 2. The molecule has 1 saturated carbocycles. The first kappa shape index (κ1) is 28.3. The van der Waals surface area contributed by atoms with Gasteiger partial charge in [0, 0.05) is 29.8 Å². The molecule has 1 aliphatic carbocycles. The van der Waals surface area contributed by atoms with Crippen molar-refractivity contribution in [3.63, 3.8) is 0 Å². The Hall–Kier alpha value is -3.74. The Kier molecular flexibility index (Phi) is 7.82. The van der Waals surface area contributed by atoms with E-state index in [1.54, 1.807) is 0 Å². The van der Waals surface area contributed by atoms with E-state index in [9.17, 15) is 35.9 Å². The summed E-state index contributed by atoms with van der Waals surface area (Å²) in [6.07, 6.45) is -9.03. The van der Waals surface area contributed by atoms with Crippen LogP contribution in [0.5, 0.6) is 0 Å². The summed E-state index contributed by atoms with van der Waals surface area (Å²) in [5.41, 5.74) is -3.36.